The molecule has 0 saturated carbocycles. The van der Waals surface area contributed by atoms with Crippen molar-refractivity contribution in [3.63, 3.8) is 0 Å². The van der Waals surface area contributed by atoms with Gasteiger partial charge in [0, 0.05) is 13.0 Å². The molecule has 8 heteroatoms. The third-order valence-electron chi connectivity index (χ3n) is 3.94. The van der Waals surface area contributed by atoms with Crippen LogP contribution in [0.3, 0.4) is 0 Å². The van der Waals surface area contributed by atoms with Crippen LogP contribution in [-0.4, -0.2) is 52.8 Å². The van der Waals surface area contributed by atoms with Gasteiger partial charge < -0.3 is 15.3 Å². The molecule has 0 fully saturated rings. The van der Waals surface area contributed by atoms with Crippen LogP contribution in [-0.2, 0) is 32.1 Å². The molecular weight excluding hydrogens is 319 g/mol. The lowest BCUT2D eigenvalue weighted by molar-refractivity contribution is -0.141. The van der Waals surface area contributed by atoms with E-state index >= 15 is 0 Å². The van der Waals surface area contributed by atoms with E-state index in [4.69, 9.17) is 5.11 Å². The Morgan fingerprint density at radius 1 is 1.33 bits per heavy atom. The van der Waals surface area contributed by atoms with E-state index in [2.05, 4.69) is 5.32 Å². The van der Waals surface area contributed by atoms with E-state index in [1.165, 1.54) is 4.90 Å². The predicted molar refractivity (Wildman–Crippen MR) is 80.7 cm³/mol. The molecule has 128 valence electrons. The Labute approximate surface area is 137 Å². The van der Waals surface area contributed by atoms with E-state index in [0.717, 1.165) is 11.1 Å². The zero-order chi connectivity index (χ0) is 17.7. The molecule has 7 nitrogen and oxygen atoms in total. The number of carboxylic acids is 1. The standard InChI is InChI=1S/C16H17FN2O5/c17-7-14(21)12(6-15(22)23)18-16(24)13-5-10-3-1-2-4-11(10)8-19(13)9-20/h1-4,9,12-13H,5-8H2,(H,18,24)(H,22,23). The number of ketones is 1. The van der Waals surface area contributed by atoms with Gasteiger partial charge in [0.05, 0.1) is 6.42 Å². The first-order valence-electron chi connectivity index (χ1n) is 7.35. The second kappa shape index (κ2) is 7.67. The summed E-state index contributed by atoms with van der Waals surface area (Å²) in [6, 6.07) is 4.99. The highest BCUT2D eigenvalue weighted by Gasteiger charge is 2.33. The Balaban J connectivity index is 2.16. The van der Waals surface area contributed by atoms with Gasteiger partial charge in [0.15, 0.2) is 5.78 Å². The fraction of sp³-hybridized carbons (Fsp3) is 0.375. The Hall–Kier alpha value is -2.77. The third-order valence-corrected chi connectivity index (χ3v) is 3.94. The van der Waals surface area contributed by atoms with Crippen molar-refractivity contribution < 1.29 is 28.7 Å². The van der Waals surface area contributed by atoms with Crippen LogP contribution < -0.4 is 5.32 Å². The average molecular weight is 336 g/mol. The Morgan fingerprint density at radius 2 is 2.00 bits per heavy atom. The maximum Gasteiger partial charge on any atom is 0.305 e. The first-order valence-corrected chi connectivity index (χ1v) is 7.35. The van der Waals surface area contributed by atoms with Gasteiger partial charge in [-0.25, -0.2) is 4.39 Å². The number of carbonyl (C=O) groups excluding carboxylic acids is 3. The summed E-state index contributed by atoms with van der Waals surface area (Å²) >= 11 is 0. The molecule has 0 aromatic heterocycles. The van der Waals surface area contributed by atoms with Gasteiger partial charge in [-0.05, 0) is 11.1 Å². The molecule has 0 radical (unpaired) electrons. The maximum absolute atomic E-state index is 12.6. The van der Waals surface area contributed by atoms with Crippen LogP contribution >= 0.6 is 0 Å². The van der Waals surface area contributed by atoms with E-state index in [9.17, 15) is 23.6 Å². The van der Waals surface area contributed by atoms with Gasteiger partial charge in [-0.3, -0.25) is 19.2 Å². The molecular formula is C16H17FN2O5. The number of fused-ring (bicyclic) bond motifs is 1. The second-order valence-corrected chi connectivity index (χ2v) is 5.53. The van der Waals surface area contributed by atoms with Crippen LogP contribution in [0.5, 0.6) is 0 Å². The van der Waals surface area contributed by atoms with Gasteiger partial charge in [0.25, 0.3) is 0 Å². The molecule has 2 amide bonds. The second-order valence-electron chi connectivity index (χ2n) is 5.53. The number of Topliss-reactive ketones (excluding diaryl/α,β-unsaturated/α-hetero) is 1. The summed E-state index contributed by atoms with van der Waals surface area (Å²) in [6.07, 6.45) is 0.0621. The molecule has 0 aliphatic carbocycles. The highest BCUT2D eigenvalue weighted by atomic mass is 19.1. The Kier molecular flexibility index (Phi) is 5.62. The number of halogens is 1. The van der Waals surface area contributed by atoms with Crippen molar-refractivity contribution in [1.82, 2.24) is 10.2 Å². The highest BCUT2D eigenvalue weighted by molar-refractivity contribution is 5.94. The third kappa shape index (κ3) is 3.95. The van der Waals surface area contributed by atoms with E-state index < -0.39 is 42.8 Å². The molecule has 1 aromatic rings. The van der Waals surface area contributed by atoms with Crippen LogP contribution in [0.25, 0.3) is 0 Å². The van der Waals surface area contributed by atoms with Crippen molar-refractivity contribution in [3.05, 3.63) is 35.4 Å². The molecule has 1 heterocycles. The van der Waals surface area contributed by atoms with Crippen molar-refractivity contribution in [2.75, 3.05) is 6.67 Å². The quantitative estimate of drug-likeness (QED) is 0.686. The smallest absolute Gasteiger partial charge is 0.305 e. The van der Waals surface area contributed by atoms with Gasteiger partial charge in [-0.2, -0.15) is 0 Å². The van der Waals surface area contributed by atoms with Gasteiger partial charge >= 0.3 is 5.97 Å². The minimum Gasteiger partial charge on any atom is -0.481 e. The lowest BCUT2D eigenvalue weighted by atomic mass is 9.93. The fourth-order valence-electron chi connectivity index (χ4n) is 2.68. The maximum atomic E-state index is 12.6. The minimum atomic E-state index is -1.45. The van der Waals surface area contributed by atoms with Crippen LogP contribution in [0.2, 0.25) is 0 Å². The van der Waals surface area contributed by atoms with Crippen molar-refractivity contribution in [2.45, 2.75) is 31.5 Å². The van der Waals surface area contributed by atoms with Gasteiger partial charge in [-0.1, -0.05) is 24.3 Å². The van der Waals surface area contributed by atoms with E-state index in [0.29, 0.717) is 6.41 Å². The first kappa shape index (κ1) is 17.6. The summed E-state index contributed by atoms with van der Waals surface area (Å²) in [5, 5.41) is 11.0. The van der Waals surface area contributed by atoms with Gasteiger partial charge in [0.1, 0.15) is 18.8 Å². The predicted octanol–water partition coefficient (Wildman–Crippen LogP) is 0.0678. The van der Waals surface area contributed by atoms with E-state index in [1.54, 1.807) is 0 Å². The number of amides is 2. The molecule has 0 bridgehead atoms. The normalized spacial score (nSPS) is 17.5. The average Bonchev–Trinajstić information content (AvgIpc) is 2.58. The molecule has 1 aromatic carbocycles. The van der Waals surface area contributed by atoms with E-state index in [1.807, 2.05) is 24.3 Å². The van der Waals surface area contributed by atoms with Crippen LogP contribution in [0.4, 0.5) is 4.39 Å². The summed E-state index contributed by atoms with van der Waals surface area (Å²) in [5.74, 6) is -3.02. The number of hydrogen-bond donors (Lipinski definition) is 2. The number of alkyl halides is 1. The summed E-state index contributed by atoms with van der Waals surface area (Å²) in [5.41, 5.74) is 1.80. The zero-order valence-corrected chi connectivity index (χ0v) is 12.8. The van der Waals surface area contributed by atoms with Crippen molar-refractivity contribution in [1.29, 1.82) is 0 Å². The SMILES string of the molecule is O=CN1Cc2ccccc2CC1C(=O)NC(CC(=O)O)C(=O)CF. The lowest BCUT2D eigenvalue weighted by Crippen LogP contribution is -2.54. The number of hydrogen-bond acceptors (Lipinski definition) is 4. The summed E-state index contributed by atoms with van der Waals surface area (Å²) in [4.78, 5) is 47.2. The largest absolute Gasteiger partial charge is 0.481 e. The van der Waals surface area contributed by atoms with Crippen LogP contribution in [0.1, 0.15) is 17.5 Å². The molecule has 2 rings (SSSR count). The molecule has 2 N–H and O–H groups in total. The van der Waals surface area contributed by atoms with Crippen LogP contribution in [0.15, 0.2) is 24.3 Å². The number of carbonyl (C=O) groups is 4. The summed E-state index contributed by atoms with van der Waals surface area (Å²) < 4.78 is 12.6. The molecule has 1 aliphatic heterocycles. The number of benzene rings is 1. The Bertz CT molecular complexity index is 664. The molecule has 2 unspecified atom stereocenters. The van der Waals surface area contributed by atoms with Crippen LogP contribution in [0, 0.1) is 0 Å². The minimum absolute atomic E-state index is 0.235. The molecule has 0 spiro atoms. The fourth-order valence-corrected chi connectivity index (χ4v) is 2.68. The lowest BCUT2D eigenvalue weighted by Gasteiger charge is -2.33. The van der Waals surface area contributed by atoms with Crippen molar-refractivity contribution in [2.24, 2.45) is 0 Å². The van der Waals surface area contributed by atoms with E-state index in [-0.39, 0.29) is 13.0 Å². The van der Waals surface area contributed by atoms with Gasteiger partial charge in [-0.15, -0.1) is 0 Å². The number of aliphatic carboxylic acids is 1. The topological polar surface area (TPSA) is 104 Å². The zero-order valence-electron chi connectivity index (χ0n) is 12.8. The van der Waals surface area contributed by atoms with Gasteiger partial charge in [0.2, 0.25) is 12.3 Å². The summed E-state index contributed by atoms with van der Waals surface area (Å²) in [7, 11) is 0. The molecule has 1 aliphatic rings. The molecule has 24 heavy (non-hydrogen) atoms. The van der Waals surface area contributed by atoms with Crippen molar-refractivity contribution >= 4 is 24.1 Å². The molecule has 2 atom stereocenters. The Morgan fingerprint density at radius 3 is 2.58 bits per heavy atom. The monoisotopic (exact) mass is 336 g/mol. The first-order chi connectivity index (χ1) is 11.5. The number of nitrogens with one attached hydrogen (secondary N) is 1. The number of carboxylic acid groups (broad SMARTS) is 1. The number of rotatable bonds is 7. The van der Waals surface area contributed by atoms with Crippen molar-refractivity contribution in [3.8, 4) is 0 Å². The highest BCUT2D eigenvalue weighted by Crippen LogP contribution is 2.22. The summed E-state index contributed by atoms with van der Waals surface area (Å²) in [6.45, 7) is -1.14. The number of nitrogens with zero attached hydrogens (tertiary/aromatic N) is 1. The molecule has 0 saturated heterocycles.